The largest absolute Gasteiger partial charge is 0.314 e. The smallest absolute Gasteiger partial charge is 0.187 e. The van der Waals surface area contributed by atoms with Crippen molar-refractivity contribution >= 4 is 11.8 Å². The Morgan fingerprint density at radius 2 is 2.11 bits per heavy atom. The second-order valence-corrected chi connectivity index (χ2v) is 6.49. The van der Waals surface area contributed by atoms with E-state index >= 15 is 0 Å². The van der Waals surface area contributed by atoms with Crippen LogP contribution in [-0.2, 0) is 0 Å². The molecular formula is C15H25N3S. The summed E-state index contributed by atoms with van der Waals surface area (Å²) in [6, 6.07) is 0.750. The van der Waals surface area contributed by atoms with E-state index < -0.39 is 0 Å². The lowest BCUT2D eigenvalue weighted by Crippen LogP contribution is -2.33. The molecule has 0 saturated heterocycles. The van der Waals surface area contributed by atoms with Gasteiger partial charge in [0.15, 0.2) is 5.16 Å². The molecule has 0 amide bonds. The quantitative estimate of drug-likeness (QED) is 0.613. The van der Waals surface area contributed by atoms with Crippen LogP contribution in [0.2, 0.25) is 0 Å². The maximum Gasteiger partial charge on any atom is 0.187 e. The molecule has 1 aliphatic rings. The van der Waals surface area contributed by atoms with Crippen LogP contribution in [0.1, 0.15) is 44.6 Å². The van der Waals surface area contributed by atoms with Crippen LogP contribution in [-0.4, -0.2) is 28.3 Å². The lowest BCUT2D eigenvalue weighted by atomic mass is 10.0. The molecule has 0 aromatic carbocycles. The zero-order valence-corrected chi connectivity index (χ0v) is 12.9. The normalized spacial score (nSPS) is 22.8. The van der Waals surface area contributed by atoms with Gasteiger partial charge in [-0.1, -0.05) is 25.1 Å². The van der Waals surface area contributed by atoms with E-state index in [0.29, 0.717) is 0 Å². The summed E-state index contributed by atoms with van der Waals surface area (Å²) in [5, 5.41) is 4.62. The number of nitrogens with one attached hydrogen (secondary N) is 1. The fourth-order valence-electron chi connectivity index (χ4n) is 2.74. The first-order chi connectivity index (χ1) is 9.29. The number of rotatable bonds is 7. The average Bonchev–Trinajstić information content (AvgIpc) is 2.86. The van der Waals surface area contributed by atoms with Crippen LogP contribution in [0.25, 0.3) is 0 Å². The molecule has 1 heterocycles. The Kier molecular flexibility index (Phi) is 6.11. The molecule has 1 aliphatic carbocycles. The van der Waals surface area contributed by atoms with Gasteiger partial charge in [0.25, 0.3) is 0 Å². The molecule has 2 atom stereocenters. The summed E-state index contributed by atoms with van der Waals surface area (Å²) < 4.78 is 0. The highest BCUT2D eigenvalue weighted by Crippen LogP contribution is 2.30. The van der Waals surface area contributed by atoms with Crippen molar-refractivity contribution in [1.29, 1.82) is 0 Å². The van der Waals surface area contributed by atoms with Crippen molar-refractivity contribution < 1.29 is 0 Å². The first kappa shape index (κ1) is 14.8. The predicted molar refractivity (Wildman–Crippen MR) is 81.5 cm³/mol. The number of aryl methyl sites for hydroxylation is 1. The summed E-state index contributed by atoms with van der Waals surface area (Å²) in [5.74, 6) is 1.99. The third-order valence-corrected chi connectivity index (χ3v) is 4.70. The van der Waals surface area contributed by atoms with Crippen molar-refractivity contribution in [3.05, 3.63) is 18.0 Å². The van der Waals surface area contributed by atoms with E-state index in [0.717, 1.165) is 35.0 Å². The van der Waals surface area contributed by atoms with Gasteiger partial charge in [0.2, 0.25) is 0 Å². The van der Waals surface area contributed by atoms with Gasteiger partial charge in [0.1, 0.15) is 0 Å². The van der Waals surface area contributed by atoms with Crippen molar-refractivity contribution in [2.45, 2.75) is 57.1 Å². The predicted octanol–water partition coefficient (Wildman–Crippen LogP) is 3.44. The highest BCUT2D eigenvalue weighted by atomic mass is 32.2. The summed E-state index contributed by atoms with van der Waals surface area (Å²) in [6.07, 6.45) is 10.4. The molecule has 3 nitrogen and oxygen atoms in total. The number of aromatic nitrogens is 2. The van der Waals surface area contributed by atoms with Gasteiger partial charge in [-0.3, -0.25) is 0 Å². The molecule has 1 N–H and O–H groups in total. The van der Waals surface area contributed by atoms with E-state index in [1.54, 1.807) is 11.8 Å². The Bertz CT molecular complexity index is 366. The highest BCUT2D eigenvalue weighted by Gasteiger charge is 2.25. The molecule has 0 radical (unpaired) electrons. The van der Waals surface area contributed by atoms with Gasteiger partial charge < -0.3 is 5.32 Å². The van der Waals surface area contributed by atoms with Gasteiger partial charge in [-0.2, -0.15) is 0 Å². The molecule has 2 unspecified atom stereocenters. The lowest BCUT2D eigenvalue weighted by Gasteiger charge is -2.20. The van der Waals surface area contributed by atoms with Crippen molar-refractivity contribution in [2.75, 3.05) is 12.3 Å². The minimum atomic E-state index is 0.750. The zero-order valence-electron chi connectivity index (χ0n) is 12.1. The summed E-state index contributed by atoms with van der Waals surface area (Å²) in [7, 11) is 0. The van der Waals surface area contributed by atoms with Crippen molar-refractivity contribution in [3.63, 3.8) is 0 Å². The number of nitrogens with zero attached hydrogens (tertiary/aromatic N) is 2. The van der Waals surface area contributed by atoms with Gasteiger partial charge in [-0.15, -0.1) is 0 Å². The van der Waals surface area contributed by atoms with Crippen LogP contribution in [0.5, 0.6) is 0 Å². The van der Waals surface area contributed by atoms with E-state index in [1.807, 2.05) is 19.3 Å². The molecule has 1 aromatic heterocycles. The number of hydrogen-bond acceptors (Lipinski definition) is 4. The van der Waals surface area contributed by atoms with Crippen LogP contribution in [0.15, 0.2) is 17.6 Å². The molecular weight excluding hydrogens is 254 g/mol. The van der Waals surface area contributed by atoms with Crippen LogP contribution < -0.4 is 5.32 Å². The number of thioether (sulfide) groups is 1. The monoisotopic (exact) mass is 279 g/mol. The Balaban J connectivity index is 1.71. The Hall–Kier alpha value is -0.610. The van der Waals surface area contributed by atoms with E-state index in [9.17, 15) is 0 Å². The third-order valence-electron chi connectivity index (χ3n) is 3.79. The van der Waals surface area contributed by atoms with Gasteiger partial charge in [-0.25, -0.2) is 9.97 Å². The summed E-state index contributed by atoms with van der Waals surface area (Å²) in [5.41, 5.74) is 1.13. The second kappa shape index (κ2) is 7.85. The first-order valence-corrected chi connectivity index (χ1v) is 8.43. The molecule has 0 spiro atoms. The van der Waals surface area contributed by atoms with Crippen LogP contribution in [0.4, 0.5) is 0 Å². The fraction of sp³-hybridized carbons (Fsp3) is 0.733. The fourth-order valence-corrected chi connectivity index (χ4v) is 3.60. The van der Waals surface area contributed by atoms with Crippen molar-refractivity contribution in [1.82, 2.24) is 15.3 Å². The molecule has 19 heavy (non-hydrogen) atoms. The second-order valence-electron chi connectivity index (χ2n) is 5.43. The van der Waals surface area contributed by atoms with E-state index in [4.69, 9.17) is 0 Å². The number of hydrogen-bond donors (Lipinski definition) is 1. The summed E-state index contributed by atoms with van der Waals surface area (Å²) in [6.45, 7) is 5.42. The van der Waals surface area contributed by atoms with E-state index in [1.165, 1.54) is 32.1 Å². The minimum Gasteiger partial charge on any atom is -0.314 e. The molecule has 106 valence electrons. The van der Waals surface area contributed by atoms with Crippen LogP contribution in [0, 0.1) is 12.8 Å². The van der Waals surface area contributed by atoms with Crippen molar-refractivity contribution in [3.8, 4) is 0 Å². The molecule has 1 fully saturated rings. The molecule has 1 aromatic rings. The lowest BCUT2D eigenvalue weighted by molar-refractivity contribution is 0.393. The van der Waals surface area contributed by atoms with Crippen LogP contribution in [0.3, 0.4) is 0 Å². The summed E-state index contributed by atoms with van der Waals surface area (Å²) >= 11 is 1.79. The molecule has 0 aliphatic heterocycles. The van der Waals surface area contributed by atoms with Crippen LogP contribution >= 0.6 is 11.8 Å². The van der Waals surface area contributed by atoms with E-state index in [-0.39, 0.29) is 0 Å². The average molecular weight is 279 g/mol. The maximum atomic E-state index is 4.35. The van der Waals surface area contributed by atoms with Crippen molar-refractivity contribution in [2.24, 2.45) is 5.92 Å². The minimum absolute atomic E-state index is 0.750. The standard InChI is InChI=1S/C15H25N3S/c1-3-8-16-14-6-4-5-13(14)7-9-19-15-17-10-12(2)11-18-15/h10-11,13-14,16H,3-9H2,1-2H3. The zero-order chi connectivity index (χ0) is 13.5. The van der Waals surface area contributed by atoms with Gasteiger partial charge in [-0.05, 0) is 50.6 Å². The Labute approximate surface area is 121 Å². The van der Waals surface area contributed by atoms with Gasteiger partial charge in [0.05, 0.1) is 0 Å². The third kappa shape index (κ3) is 4.77. The van der Waals surface area contributed by atoms with E-state index in [2.05, 4.69) is 22.2 Å². The Morgan fingerprint density at radius 1 is 1.32 bits per heavy atom. The first-order valence-electron chi connectivity index (χ1n) is 7.44. The molecule has 4 heteroatoms. The molecule has 0 bridgehead atoms. The Morgan fingerprint density at radius 3 is 2.84 bits per heavy atom. The molecule has 2 rings (SSSR count). The SMILES string of the molecule is CCCNC1CCCC1CCSc1ncc(C)cn1. The molecule has 1 saturated carbocycles. The van der Waals surface area contributed by atoms with Gasteiger partial charge >= 0.3 is 0 Å². The van der Waals surface area contributed by atoms with Gasteiger partial charge in [0, 0.05) is 24.2 Å². The topological polar surface area (TPSA) is 37.8 Å². The highest BCUT2D eigenvalue weighted by molar-refractivity contribution is 7.99. The maximum absolute atomic E-state index is 4.35. The summed E-state index contributed by atoms with van der Waals surface area (Å²) in [4.78, 5) is 8.69.